The number of fused-ring (bicyclic) bond motifs is 1. The van der Waals surface area contributed by atoms with Crippen LogP contribution in [0.5, 0.6) is 5.75 Å². The van der Waals surface area contributed by atoms with E-state index in [0.717, 1.165) is 11.1 Å². The Bertz CT molecular complexity index is 1320. The number of nitrogens with zero attached hydrogens (tertiary/aromatic N) is 4. The van der Waals surface area contributed by atoms with E-state index in [9.17, 15) is 9.59 Å². The molecule has 0 aliphatic heterocycles. The fourth-order valence-electron chi connectivity index (χ4n) is 3.42. The third-order valence-corrected chi connectivity index (χ3v) is 4.95. The fraction of sp³-hybridized carbons (Fsp3) is 0.217. The molecule has 2 aromatic carbocycles. The molecule has 2 aromatic heterocycles. The first kappa shape index (κ1) is 20.3. The molecule has 0 radical (unpaired) electrons. The molecule has 0 saturated carbocycles. The second-order valence-corrected chi connectivity index (χ2v) is 7.15. The van der Waals surface area contributed by atoms with E-state index in [-0.39, 0.29) is 18.0 Å². The highest BCUT2D eigenvalue weighted by Gasteiger charge is 2.17. The number of aryl methyl sites for hydroxylation is 2. The van der Waals surface area contributed by atoms with Gasteiger partial charge in [0.15, 0.2) is 5.82 Å². The first-order valence-corrected chi connectivity index (χ1v) is 10.0. The lowest BCUT2D eigenvalue weighted by atomic mass is 10.1. The summed E-state index contributed by atoms with van der Waals surface area (Å²) in [7, 11) is 0. The van der Waals surface area contributed by atoms with Crippen LogP contribution in [-0.4, -0.2) is 31.7 Å². The lowest BCUT2D eigenvalue weighted by Crippen LogP contribution is -2.25. The first-order chi connectivity index (χ1) is 15.0. The molecule has 8 nitrogen and oxygen atoms in total. The Morgan fingerprint density at radius 3 is 2.61 bits per heavy atom. The van der Waals surface area contributed by atoms with Gasteiger partial charge in [-0.15, -0.1) is 5.10 Å². The summed E-state index contributed by atoms with van der Waals surface area (Å²) in [5.74, 6) is 1.10. The topological polar surface area (TPSA) is 90.5 Å². The molecule has 1 N–H and O–H groups in total. The Morgan fingerprint density at radius 2 is 1.84 bits per heavy atom. The van der Waals surface area contributed by atoms with Crippen molar-refractivity contribution in [1.29, 1.82) is 0 Å². The third kappa shape index (κ3) is 4.05. The van der Waals surface area contributed by atoms with Gasteiger partial charge in [-0.1, -0.05) is 36.4 Å². The largest absolute Gasteiger partial charge is 0.492 e. The van der Waals surface area contributed by atoms with Crippen molar-refractivity contribution in [1.82, 2.24) is 19.2 Å². The van der Waals surface area contributed by atoms with Crippen molar-refractivity contribution in [2.75, 3.05) is 11.9 Å². The zero-order valence-electron chi connectivity index (χ0n) is 17.6. The number of carbonyl (C=O) groups excluding carboxylic acids is 1. The summed E-state index contributed by atoms with van der Waals surface area (Å²) in [5, 5.41) is 7.27. The highest BCUT2D eigenvalue weighted by Crippen LogP contribution is 2.24. The van der Waals surface area contributed by atoms with E-state index in [2.05, 4.69) is 15.4 Å². The van der Waals surface area contributed by atoms with Crippen molar-refractivity contribution < 1.29 is 9.53 Å². The van der Waals surface area contributed by atoms with Crippen molar-refractivity contribution >= 4 is 17.4 Å². The summed E-state index contributed by atoms with van der Waals surface area (Å²) < 4.78 is 8.48. The summed E-state index contributed by atoms with van der Waals surface area (Å²) >= 11 is 0. The van der Waals surface area contributed by atoms with Crippen molar-refractivity contribution in [3.63, 3.8) is 0 Å². The van der Waals surface area contributed by atoms with Gasteiger partial charge in [0.05, 0.1) is 12.3 Å². The minimum Gasteiger partial charge on any atom is -0.492 e. The summed E-state index contributed by atoms with van der Waals surface area (Å²) in [6.45, 7) is 6.08. The van der Waals surface area contributed by atoms with Crippen LogP contribution in [0.15, 0.2) is 59.4 Å². The van der Waals surface area contributed by atoms with Crippen LogP contribution < -0.4 is 15.6 Å². The third-order valence-electron chi connectivity index (χ3n) is 4.95. The van der Waals surface area contributed by atoms with Gasteiger partial charge in [0.2, 0.25) is 11.7 Å². The van der Waals surface area contributed by atoms with E-state index in [0.29, 0.717) is 35.3 Å². The number of carbonyl (C=O) groups is 1. The van der Waals surface area contributed by atoms with Gasteiger partial charge in [-0.05, 0) is 38.5 Å². The molecule has 0 aliphatic rings. The van der Waals surface area contributed by atoms with Crippen LogP contribution in [0.25, 0.3) is 17.2 Å². The number of amides is 1. The maximum Gasteiger partial charge on any atom is 0.275 e. The molecular weight excluding hydrogens is 394 g/mol. The molecule has 31 heavy (non-hydrogen) atoms. The van der Waals surface area contributed by atoms with Gasteiger partial charge in [0.1, 0.15) is 12.3 Å². The van der Waals surface area contributed by atoms with Crippen LogP contribution in [0.4, 0.5) is 5.69 Å². The number of anilines is 1. The number of nitrogens with one attached hydrogen (secondary N) is 1. The van der Waals surface area contributed by atoms with Gasteiger partial charge in [-0.3, -0.25) is 9.59 Å². The number of hydrogen-bond acceptors (Lipinski definition) is 5. The van der Waals surface area contributed by atoms with Crippen molar-refractivity contribution in [2.24, 2.45) is 0 Å². The summed E-state index contributed by atoms with van der Waals surface area (Å²) in [4.78, 5) is 29.9. The predicted molar refractivity (Wildman–Crippen MR) is 118 cm³/mol. The second kappa shape index (κ2) is 8.43. The van der Waals surface area contributed by atoms with Crippen LogP contribution >= 0.6 is 0 Å². The summed E-state index contributed by atoms with van der Waals surface area (Å²) in [6.07, 6.45) is 0. The van der Waals surface area contributed by atoms with E-state index >= 15 is 0 Å². The first-order valence-electron chi connectivity index (χ1n) is 10.0. The van der Waals surface area contributed by atoms with Crippen LogP contribution in [-0.2, 0) is 11.3 Å². The fourth-order valence-corrected chi connectivity index (χ4v) is 3.42. The molecule has 1 amide bonds. The number of hydrogen-bond donors (Lipinski definition) is 1. The summed E-state index contributed by atoms with van der Waals surface area (Å²) in [5.41, 5.74) is 2.75. The quantitative estimate of drug-likeness (QED) is 0.520. The molecule has 158 valence electrons. The average Bonchev–Trinajstić information content (AvgIpc) is 3.19. The molecule has 0 unspecified atom stereocenters. The molecule has 0 atom stereocenters. The van der Waals surface area contributed by atoms with Crippen LogP contribution in [0.1, 0.15) is 18.2 Å². The van der Waals surface area contributed by atoms with Crippen LogP contribution in [0.2, 0.25) is 0 Å². The molecule has 0 saturated heterocycles. The van der Waals surface area contributed by atoms with E-state index < -0.39 is 0 Å². The monoisotopic (exact) mass is 417 g/mol. The van der Waals surface area contributed by atoms with Crippen LogP contribution in [0, 0.1) is 13.8 Å². The van der Waals surface area contributed by atoms with Gasteiger partial charge in [0.25, 0.3) is 5.56 Å². The second-order valence-electron chi connectivity index (χ2n) is 7.15. The maximum atomic E-state index is 12.8. The van der Waals surface area contributed by atoms with Crippen LogP contribution in [0.3, 0.4) is 0 Å². The van der Waals surface area contributed by atoms with E-state index in [1.165, 1.54) is 10.6 Å². The lowest BCUT2D eigenvalue weighted by molar-refractivity contribution is -0.116. The van der Waals surface area contributed by atoms with Gasteiger partial charge >= 0.3 is 0 Å². The van der Waals surface area contributed by atoms with Gasteiger partial charge in [-0.2, -0.15) is 9.50 Å². The molecule has 0 spiro atoms. The molecule has 4 rings (SSSR count). The zero-order valence-corrected chi connectivity index (χ0v) is 17.6. The SMILES string of the molecule is CCOc1ccccc1NC(=O)Cn1c(C)cc(=O)n2nc(-c3ccccc3C)nc12. The number of ether oxygens (including phenoxy) is 1. The highest BCUT2D eigenvalue weighted by molar-refractivity contribution is 5.92. The molecule has 8 heteroatoms. The Labute approximate surface area is 179 Å². The van der Waals surface area contributed by atoms with Crippen molar-refractivity contribution in [2.45, 2.75) is 27.3 Å². The number of aromatic nitrogens is 4. The molecule has 0 aliphatic carbocycles. The number of benzene rings is 2. The highest BCUT2D eigenvalue weighted by atomic mass is 16.5. The minimum absolute atomic E-state index is 0.0258. The minimum atomic E-state index is -0.293. The Balaban J connectivity index is 1.70. The Hall–Kier alpha value is -3.94. The molecule has 0 fully saturated rings. The Kier molecular flexibility index (Phi) is 5.53. The lowest BCUT2D eigenvalue weighted by Gasteiger charge is -2.14. The van der Waals surface area contributed by atoms with Crippen molar-refractivity contribution in [3.05, 3.63) is 76.2 Å². The zero-order chi connectivity index (χ0) is 22.0. The molecule has 2 heterocycles. The van der Waals surface area contributed by atoms with Gasteiger partial charge in [0, 0.05) is 17.3 Å². The van der Waals surface area contributed by atoms with E-state index in [1.54, 1.807) is 23.6 Å². The smallest absolute Gasteiger partial charge is 0.275 e. The van der Waals surface area contributed by atoms with Gasteiger partial charge in [-0.25, -0.2) is 0 Å². The number of rotatable bonds is 6. The van der Waals surface area contributed by atoms with E-state index in [1.807, 2.05) is 50.2 Å². The van der Waals surface area contributed by atoms with Crippen molar-refractivity contribution in [3.8, 4) is 17.1 Å². The average molecular weight is 417 g/mol. The molecular formula is C23H23N5O3. The molecule has 4 aromatic rings. The number of para-hydroxylation sites is 2. The van der Waals surface area contributed by atoms with E-state index in [4.69, 9.17) is 4.74 Å². The normalized spacial score (nSPS) is 10.9. The predicted octanol–water partition coefficient (Wildman–Crippen LogP) is 3.21. The van der Waals surface area contributed by atoms with Gasteiger partial charge < -0.3 is 14.6 Å². The Morgan fingerprint density at radius 1 is 1.10 bits per heavy atom. The molecule has 0 bridgehead atoms. The maximum absolute atomic E-state index is 12.8. The summed E-state index contributed by atoms with van der Waals surface area (Å²) in [6, 6.07) is 16.4. The standard InChI is InChI=1S/C23H23N5O3/c1-4-31-19-12-8-7-11-18(19)24-20(29)14-27-16(3)13-21(30)28-23(27)25-22(26-28)17-10-6-5-9-15(17)2/h5-13H,4,14H2,1-3H3,(H,24,29).